The molecule has 1 heterocycles. The number of hydrogen-bond acceptors (Lipinski definition) is 2. The van der Waals surface area contributed by atoms with Crippen LogP contribution >= 0.6 is 0 Å². The summed E-state index contributed by atoms with van der Waals surface area (Å²) in [5.74, 6) is 0. The third-order valence-electron chi connectivity index (χ3n) is 3.70. The van der Waals surface area contributed by atoms with E-state index in [9.17, 15) is 4.79 Å². The van der Waals surface area contributed by atoms with Gasteiger partial charge in [0.25, 0.3) is 5.56 Å². The second kappa shape index (κ2) is 3.95. The van der Waals surface area contributed by atoms with E-state index in [1.54, 1.807) is 0 Å². The Labute approximate surface area is 106 Å². The van der Waals surface area contributed by atoms with Gasteiger partial charge in [-0.2, -0.15) is 0 Å². The van der Waals surface area contributed by atoms with Crippen molar-refractivity contribution in [1.29, 1.82) is 0 Å². The van der Waals surface area contributed by atoms with Gasteiger partial charge in [-0.05, 0) is 43.7 Å². The zero-order valence-electron chi connectivity index (χ0n) is 10.8. The number of benzene rings is 1. The second-order valence-corrected chi connectivity index (χ2v) is 5.30. The summed E-state index contributed by atoms with van der Waals surface area (Å²) in [6.45, 7) is 3.93. The van der Waals surface area contributed by atoms with Gasteiger partial charge in [-0.1, -0.05) is 18.2 Å². The zero-order valence-corrected chi connectivity index (χ0v) is 10.8. The van der Waals surface area contributed by atoms with Gasteiger partial charge in [0.2, 0.25) is 0 Å². The van der Waals surface area contributed by atoms with Crippen molar-refractivity contribution in [3.63, 3.8) is 0 Å². The Morgan fingerprint density at radius 1 is 1.39 bits per heavy atom. The average molecular weight is 242 g/mol. The van der Waals surface area contributed by atoms with Gasteiger partial charge in [0.1, 0.15) is 0 Å². The monoisotopic (exact) mass is 242 g/mol. The van der Waals surface area contributed by atoms with E-state index in [1.165, 1.54) is 0 Å². The molecule has 1 aromatic heterocycles. The largest absolute Gasteiger partial charge is 0.323 e. The molecule has 3 nitrogen and oxygen atoms in total. The predicted octanol–water partition coefficient (Wildman–Crippen LogP) is 2.66. The van der Waals surface area contributed by atoms with Gasteiger partial charge in [0.05, 0.1) is 5.39 Å². The number of fused-ring (bicyclic) bond motifs is 1. The molecule has 0 bridgehead atoms. The molecule has 18 heavy (non-hydrogen) atoms. The molecule has 2 aromatic rings. The lowest BCUT2D eigenvalue weighted by molar-refractivity contribution is 0.620. The Balaban J connectivity index is 2.42. The van der Waals surface area contributed by atoms with Gasteiger partial charge >= 0.3 is 0 Å². The molecule has 2 N–H and O–H groups in total. The predicted molar refractivity (Wildman–Crippen MR) is 73.8 cm³/mol. The van der Waals surface area contributed by atoms with Gasteiger partial charge < -0.3 is 10.3 Å². The minimum absolute atomic E-state index is 0.108. The summed E-state index contributed by atoms with van der Waals surface area (Å²) in [6, 6.07) is 8.31. The Bertz CT molecular complexity index is 666. The van der Waals surface area contributed by atoms with Crippen molar-refractivity contribution in [2.45, 2.75) is 38.8 Å². The summed E-state index contributed by atoms with van der Waals surface area (Å²) in [5, 5.41) is 1.85. The van der Waals surface area contributed by atoms with Crippen molar-refractivity contribution in [1.82, 2.24) is 4.57 Å². The average Bonchev–Trinajstić information content (AvgIpc) is 3.12. The molecule has 0 spiro atoms. The van der Waals surface area contributed by atoms with Gasteiger partial charge in [0.15, 0.2) is 0 Å². The number of hydrogen-bond donors (Lipinski definition) is 1. The third kappa shape index (κ3) is 1.66. The van der Waals surface area contributed by atoms with Crippen molar-refractivity contribution in [3.05, 3.63) is 45.9 Å². The highest BCUT2D eigenvalue weighted by molar-refractivity contribution is 5.85. The minimum Gasteiger partial charge on any atom is -0.323 e. The van der Waals surface area contributed by atoms with Crippen LogP contribution < -0.4 is 11.3 Å². The highest BCUT2D eigenvalue weighted by atomic mass is 16.1. The molecule has 0 aliphatic heterocycles. The molecule has 3 rings (SSSR count). The fourth-order valence-corrected chi connectivity index (χ4v) is 2.63. The van der Waals surface area contributed by atoms with E-state index in [1.807, 2.05) is 36.6 Å². The van der Waals surface area contributed by atoms with Crippen molar-refractivity contribution < 1.29 is 0 Å². The van der Waals surface area contributed by atoms with Crippen LogP contribution in [0, 0.1) is 6.92 Å². The lowest BCUT2D eigenvalue weighted by Crippen LogP contribution is -2.26. The van der Waals surface area contributed by atoms with E-state index in [-0.39, 0.29) is 11.6 Å². The molecule has 1 unspecified atom stereocenters. The number of pyridine rings is 1. The van der Waals surface area contributed by atoms with Gasteiger partial charge in [0, 0.05) is 17.8 Å². The van der Waals surface area contributed by atoms with E-state index in [0.717, 1.165) is 34.9 Å². The molecule has 1 aromatic carbocycles. The summed E-state index contributed by atoms with van der Waals surface area (Å²) in [6.07, 6.45) is 2.19. The number of rotatable bonds is 2. The fraction of sp³-hybridized carbons (Fsp3) is 0.400. The van der Waals surface area contributed by atoms with Crippen LogP contribution in [0.15, 0.2) is 29.1 Å². The van der Waals surface area contributed by atoms with Crippen molar-refractivity contribution >= 4 is 10.8 Å². The maximum Gasteiger partial charge on any atom is 0.259 e. The molecule has 94 valence electrons. The lowest BCUT2D eigenvalue weighted by Gasteiger charge is -2.17. The van der Waals surface area contributed by atoms with Crippen LogP contribution in [0.5, 0.6) is 0 Å². The topological polar surface area (TPSA) is 48.0 Å². The number of nitrogens with zero attached hydrogens (tertiary/aromatic N) is 1. The maximum absolute atomic E-state index is 12.7. The zero-order chi connectivity index (χ0) is 12.9. The molecule has 1 aliphatic rings. The maximum atomic E-state index is 12.7. The summed E-state index contributed by atoms with van der Waals surface area (Å²) in [5.41, 5.74) is 8.15. The Morgan fingerprint density at radius 2 is 2.11 bits per heavy atom. The molecule has 0 saturated heterocycles. The standard InChI is InChI=1S/C15H18N2O/c1-9-4-3-5-11-8-13(10(2)16)17(12-6-7-12)15(18)14(9)11/h3-5,8,10,12H,6-7,16H2,1-2H3. The highest BCUT2D eigenvalue weighted by Gasteiger charge is 2.28. The first-order valence-electron chi connectivity index (χ1n) is 6.50. The van der Waals surface area contributed by atoms with Crippen LogP contribution in [0.4, 0.5) is 0 Å². The van der Waals surface area contributed by atoms with E-state index < -0.39 is 0 Å². The second-order valence-electron chi connectivity index (χ2n) is 5.30. The first-order chi connectivity index (χ1) is 8.59. The van der Waals surface area contributed by atoms with Gasteiger partial charge in [-0.25, -0.2) is 0 Å². The Hall–Kier alpha value is -1.61. The molecule has 1 fully saturated rings. The van der Waals surface area contributed by atoms with E-state index >= 15 is 0 Å². The molecule has 3 heteroatoms. The number of aryl methyl sites for hydroxylation is 1. The van der Waals surface area contributed by atoms with Crippen LogP contribution in [0.2, 0.25) is 0 Å². The normalized spacial score (nSPS) is 17.1. The van der Waals surface area contributed by atoms with Crippen molar-refractivity contribution in [3.8, 4) is 0 Å². The summed E-state index contributed by atoms with van der Waals surface area (Å²) >= 11 is 0. The molecular weight excluding hydrogens is 224 g/mol. The van der Waals surface area contributed by atoms with E-state index in [4.69, 9.17) is 5.73 Å². The first kappa shape index (κ1) is 11.5. The van der Waals surface area contributed by atoms with Crippen molar-refractivity contribution in [2.24, 2.45) is 5.73 Å². The van der Waals surface area contributed by atoms with Gasteiger partial charge in [-0.3, -0.25) is 4.79 Å². The quantitative estimate of drug-likeness (QED) is 0.880. The lowest BCUT2D eigenvalue weighted by atomic mass is 10.0. The van der Waals surface area contributed by atoms with Crippen LogP contribution in [0.3, 0.4) is 0 Å². The molecule has 0 radical (unpaired) electrons. The van der Waals surface area contributed by atoms with Crippen molar-refractivity contribution in [2.75, 3.05) is 0 Å². The molecule has 1 saturated carbocycles. The van der Waals surface area contributed by atoms with E-state index in [0.29, 0.717) is 6.04 Å². The Kier molecular flexibility index (Phi) is 2.52. The Morgan fingerprint density at radius 3 is 2.72 bits per heavy atom. The summed E-state index contributed by atoms with van der Waals surface area (Å²) in [4.78, 5) is 12.7. The fourth-order valence-electron chi connectivity index (χ4n) is 2.63. The van der Waals surface area contributed by atoms with Crippen LogP contribution in [-0.2, 0) is 0 Å². The minimum atomic E-state index is -0.108. The van der Waals surface area contributed by atoms with Crippen LogP contribution in [0.1, 0.15) is 43.1 Å². The number of nitrogens with two attached hydrogens (primary N) is 1. The summed E-state index contributed by atoms with van der Waals surface area (Å²) in [7, 11) is 0. The first-order valence-corrected chi connectivity index (χ1v) is 6.50. The molecule has 1 atom stereocenters. The number of aromatic nitrogens is 1. The highest BCUT2D eigenvalue weighted by Crippen LogP contribution is 2.36. The van der Waals surface area contributed by atoms with Crippen LogP contribution in [-0.4, -0.2) is 4.57 Å². The molecular formula is C15H18N2O. The summed E-state index contributed by atoms with van der Waals surface area (Å²) < 4.78 is 1.92. The third-order valence-corrected chi connectivity index (χ3v) is 3.70. The van der Waals surface area contributed by atoms with Gasteiger partial charge in [-0.15, -0.1) is 0 Å². The van der Waals surface area contributed by atoms with E-state index in [2.05, 4.69) is 6.07 Å². The van der Waals surface area contributed by atoms with Crippen LogP contribution in [0.25, 0.3) is 10.8 Å². The molecule has 1 aliphatic carbocycles. The molecule has 0 amide bonds. The SMILES string of the molecule is Cc1cccc2cc(C(C)N)n(C3CC3)c(=O)c12. The smallest absolute Gasteiger partial charge is 0.259 e.